The van der Waals surface area contributed by atoms with E-state index in [1.807, 2.05) is 26.8 Å². The van der Waals surface area contributed by atoms with E-state index in [9.17, 15) is 4.79 Å². The Morgan fingerprint density at radius 3 is 2.86 bits per heavy atom. The van der Waals surface area contributed by atoms with Crippen LogP contribution in [0.2, 0.25) is 0 Å². The largest absolute Gasteiger partial charge is 0.473 e. The maximum Gasteiger partial charge on any atom is 0.413 e. The number of hydrogen-bond acceptors (Lipinski definition) is 5. The third-order valence-electron chi connectivity index (χ3n) is 3.15. The van der Waals surface area contributed by atoms with Gasteiger partial charge in [0, 0.05) is 5.56 Å². The molecule has 0 aliphatic carbocycles. The first-order valence-electron chi connectivity index (χ1n) is 6.85. The van der Waals surface area contributed by atoms with Gasteiger partial charge >= 0.3 is 6.09 Å². The Balaban J connectivity index is 1.77. The van der Waals surface area contributed by atoms with Crippen LogP contribution in [0.5, 0.6) is 5.88 Å². The standard InChI is InChI=1S/C15H18N2O4/c1-15(2,3)21-14(18)17-12-5-4-10-11-8-19-6-9(11)7-20-13(10)16-12/h4-5H,6-8H2,1-3H3,(H,16,17,18). The number of amides is 1. The van der Waals surface area contributed by atoms with Gasteiger partial charge in [0.1, 0.15) is 18.0 Å². The molecular formula is C15H18N2O4. The van der Waals surface area contributed by atoms with Crippen molar-refractivity contribution in [1.29, 1.82) is 0 Å². The average Bonchev–Trinajstić information content (AvgIpc) is 2.84. The number of nitrogens with one attached hydrogen (secondary N) is 1. The highest BCUT2D eigenvalue weighted by molar-refractivity contribution is 5.84. The summed E-state index contributed by atoms with van der Waals surface area (Å²) < 4.78 is 16.2. The van der Waals surface area contributed by atoms with E-state index < -0.39 is 11.7 Å². The van der Waals surface area contributed by atoms with Crippen molar-refractivity contribution in [3.05, 3.63) is 23.3 Å². The van der Waals surface area contributed by atoms with Crippen LogP contribution < -0.4 is 10.1 Å². The molecule has 0 radical (unpaired) electrons. The van der Waals surface area contributed by atoms with E-state index in [4.69, 9.17) is 14.2 Å². The van der Waals surface area contributed by atoms with Crippen LogP contribution in [0, 0.1) is 0 Å². The first kappa shape index (κ1) is 13.9. The number of ether oxygens (including phenoxy) is 3. The van der Waals surface area contributed by atoms with Gasteiger partial charge in [-0.1, -0.05) is 0 Å². The van der Waals surface area contributed by atoms with Crippen LogP contribution in [0.1, 0.15) is 26.3 Å². The van der Waals surface area contributed by atoms with Crippen LogP contribution in [0.25, 0.3) is 5.57 Å². The summed E-state index contributed by atoms with van der Waals surface area (Å²) in [5.41, 5.74) is 2.70. The molecule has 0 saturated heterocycles. The summed E-state index contributed by atoms with van der Waals surface area (Å²) in [5, 5.41) is 2.61. The molecule has 0 fully saturated rings. The summed E-state index contributed by atoms with van der Waals surface area (Å²) in [6, 6.07) is 3.62. The van der Waals surface area contributed by atoms with Gasteiger partial charge in [-0.2, -0.15) is 4.98 Å². The Kier molecular flexibility index (Phi) is 3.33. The zero-order valence-corrected chi connectivity index (χ0v) is 12.4. The molecule has 1 aromatic rings. The van der Waals surface area contributed by atoms with Crippen LogP contribution in [0.4, 0.5) is 10.6 Å². The van der Waals surface area contributed by atoms with Crippen molar-refractivity contribution >= 4 is 17.5 Å². The number of aromatic nitrogens is 1. The number of rotatable bonds is 1. The molecule has 1 N–H and O–H groups in total. The average molecular weight is 290 g/mol. The predicted molar refractivity (Wildman–Crippen MR) is 77.3 cm³/mol. The van der Waals surface area contributed by atoms with Gasteiger partial charge < -0.3 is 14.2 Å². The second-order valence-corrected chi connectivity index (χ2v) is 6.04. The molecular weight excluding hydrogens is 272 g/mol. The zero-order valence-electron chi connectivity index (χ0n) is 12.4. The van der Waals surface area contributed by atoms with E-state index in [-0.39, 0.29) is 0 Å². The minimum atomic E-state index is -0.546. The topological polar surface area (TPSA) is 69.7 Å². The van der Waals surface area contributed by atoms with Crippen molar-refractivity contribution in [1.82, 2.24) is 4.98 Å². The lowest BCUT2D eigenvalue weighted by atomic mass is 10.0. The second-order valence-electron chi connectivity index (χ2n) is 6.04. The predicted octanol–water partition coefficient (Wildman–Crippen LogP) is 2.60. The molecule has 0 atom stereocenters. The maximum absolute atomic E-state index is 11.7. The molecule has 112 valence electrons. The van der Waals surface area contributed by atoms with Gasteiger partial charge in [0.25, 0.3) is 0 Å². The molecule has 6 nitrogen and oxygen atoms in total. The van der Waals surface area contributed by atoms with E-state index in [2.05, 4.69) is 10.3 Å². The number of hydrogen-bond donors (Lipinski definition) is 1. The molecule has 1 aromatic heterocycles. The van der Waals surface area contributed by atoms with Gasteiger partial charge in [0.2, 0.25) is 5.88 Å². The fourth-order valence-electron chi connectivity index (χ4n) is 2.28. The highest BCUT2D eigenvalue weighted by atomic mass is 16.6. The Morgan fingerprint density at radius 2 is 2.10 bits per heavy atom. The van der Waals surface area contributed by atoms with Gasteiger partial charge in [-0.3, -0.25) is 5.32 Å². The van der Waals surface area contributed by atoms with E-state index in [0.717, 1.165) is 16.7 Å². The Labute approximate surface area is 123 Å². The highest BCUT2D eigenvalue weighted by Crippen LogP contribution is 2.35. The van der Waals surface area contributed by atoms with E-state index in [1.165, 1.54) is 0 Å². The first-order chi connectivity index (χ1) is 9.92. The van der Waals surface area contributed by atoms with Gasteiger partial charge in [-0.25, -0.2) is 4.79 Å². The van der Waals surface area contributed by atoms with E-state index in [1.54, 1.807) is 6.07 Å². The third kappa shape index (κ3) is 3.00. The molecule has 21 heavy (non-hydrogen) atoms. The summed E-state index contributed by atoms with van der Waals surface area (Å²) in [7, 11) is 0. The lowest BCUT2D eigenvalue weighted by molar-refractivity contribution is 0.0635. The molecule has 3 rings (SSSR count). The highest BCUT2D eigenvalue weighted by Gasteiger charge is 2.26. The molecule has 1 amide bonds. The quantitative estimate of drug-likeness (QED) is 0.861. The van der Waals surface area contributed by atoms with Crippen LogP contribution >= 0.6 is 0 Å². The van der Waals surface area contributed by atoms with Gasteiger partial charge in [-0.15, -0.1) is 0 Å². The van der Waals surface area contributed by atoms with Crippen molar-refractivity contribution in [3.8, 4) is 5.88 Å². The van der Waals surface area contributed by atoms with Crippen molar-refractivity contribution in [3.63, 3.8) is 0 Å². The molecule has 0 spiro atoms. The normalized spacial score (nSPS) is 16.9. The minimum absolute atomic E-state index is 0.408. The lowest BCUT2D eigenvalue weighted by Gasteiger charge is -2.21. The monoisotopic (exact) mass is 290 g/mol. The molecule has 0 bridgehead atoms. The number of carbonyl (C=O) groups excluding carboxylic acids is 1. The number of carbonyl (C=O) groups is 1. The molecule has 2 aliphatic rings. The van der Waals surface area contributed by atoms with E-state index >= 15 is 0 Å². The van der Waals surface area contributed by atoms with Crippen molar-refractivity contribution < 1.29 is 19.0 Å². The van der Waals surface area contributed by atoms with Gasteiger partial charge in [0.05, 0.1) is 13.2 Å². The summed E-state index contributed by atoms with van der Waals surface area (Å²) in [6.07, 6.45) is -0.533. The maximum atomic E-state index is 11.7. The van der Waals surface area contributed by atoms with Gasteiger partial charge in [-0.05, 0) is 44.1 Å². The second kappa shape index (κ2) is 5.04. The number of fused-ring (bicyclic) bond motifs is 2. The zero-order chi connectivity index (χ0) is 15.0. The van der Waals surface area contributed by atoms with Gasteiger partial charge in [0.15, 0.2) is 0 Å². The molecule has 3 heterocycles. The first-order valence-corrected chi connectivity index (χ1v) is 6.85. The van der Waals surface area contributed by atoms with Crippen molar-refractivity contribution in [2.75, 3.05) is 25.1 Å². The molecule has 0 saturated carbocycles. The van der Waals surface area contributed by atoms with Crippen LogP contribution in [0.15, 0.2) is 17.7 Å². The fourth-order valence-corrected chi connectivity index (χ4v) is 2.28. The minimum Gasteiger partial charge on any atom is -0.473 e. The summed E-state index contributed by atoms with van der Waals surface area (Å²) in [4.78, 5) is 16.1. The summed E-state index contributed by atoms with van der Waals surface area (Å²) in [6.45, 7) is 7.13. The fraction of sp³-hybridized carbons (Fsp3) is 0.467. The lowest BCUT2D eigenvalue weighted by Crippen LogP contribution is -2.27. The molecule has 2 aliphatic heterocycles. The van der Waals surface area contributed by atoms with Crippen LogP contribution in [-0.2, 0) is 9.47 Å². The van der Waals surface area contributed by atoms with E-state index in [0.29, 0.717) is 31.5 Å². The molecule has 0 unspecified atom stereocenters. The Morgan fingerprint density at radius 1 is 1.29 bits per heavy atom. The number of anilines is 1. The SMILES string of the molecule is CC(C)(C)OC(=O)Nc1ccc2c(n1)OCC1=C2COC1. The van der Waals surface area contributed by atoms with Crippen LogP contribution in [-0.4, -0.2) is 36.5 Å². The van der Waals surface area contributed by atoms with Crippen molar-refractivity contribution in [2.24, 2.45) is 0 Å². The number of pyridine rings is 1. The molecule has 0 aromatic carbocycles. The summed E-state index contributed by atoms with van der Waals surface area (Å²) >= 11 is 0. The Hall–Kier alpha value is -2.08. The van der Waals surface area contributed by atoms with Crippen LogP contribution in [0.3, 0.4) is 0 Å². The van der Waals surface area contributed by atoms with Crippen molar-refractivity contribution in [2.45, 2.75) is 26.4 Å². The third-order valence-corrected chi connectivity index (χ3v) is 3.15. The number of nitrogens with zero attached hydrogens (tertiary/aromatic N) is 1. The smallest absolute Gasteiger partial charge is 0.413 e. The molecule has 6 heteroatoms. The Bertz CT molecular complexity index is 617. The summed E-state index contributed by atoms with van der Waals surface area (Å²) in [5.74, 6) is 0.929.